The molecule has 1 fully saturated rings. The van der Waals surface area contributed by atoms with Crippen molar-refractivity contribution in [2.75, 3.05) is 32.8 Å². The van der Waals surface area contributed by atoms with Crippen LogP contribution in [0.15, 0.2) is 45.9 Å². The summed E-state index contributed by atoms with van der Waals surface area (Å²) in [5.74, 6) is -0.228. The van der Waals surface area contributed by atoms with E-state index >= 15 is 0 Å². The molecule has 136 valence electrons. The van der Waals surface area contributed by atoms with Crippen molar-refractivity contribution in [1.29, 1.82) is 0 Å². The number of ether oxygens (including phenoxy) is 1. The molecule has 2 N–H and O–H groups in total. The van der Waals surface area contributed by atoms with Crippen molar-refractivity contribution in [2.45, 2.75) is 0 Å². The van der Waals surface area contributed by atoms with Gasteiger partial charge in [0.1, 0.15) is 11.5 Å². The maximum Gasteiger partial charge on any atom is 0.335 e. The van der Waals surface area contributed by atoms with Crippen LogP contribution in [0.3, 0.4) is 0 Å². The molecule has 1 aromatic carbocycles. The Morgan fingerprint density at radius 3 is 2.81 bits per heavy atom. The Bertz CT molecular complexity index is 809. The lowest BCUT2D eigenvalue weighted by atomic mass is 10.1. The summed E-state index contributed by atoms with van der Waals surface area (Å²) >= 11 is 0. The lowest BCUT2D eigenvalue weighted by Gasteiger charge is -2.25. The van der Waals surface area contributed by atoms with Gasteiger partial charge in [0.25, 0.3) is 5.91 Å². The Balaban J connectivity index is 1.56. The normalized spacial score (nSPS) is 15.2. The van der Waals surface area contributed by atoms with Gasteiger partial charge in [-0.25, -0.2) is 10.2 Å². The van der Waals surface area contributed by atoms with Gasteiger partial charge in [0.2, 0.25) is 0 Å². The number of hydrogen-bond acceptors (Lipinski definition) is 6. The third-order valence-corrected chi connectivity index (χ3v) is 3.87. The maximum atomic E-state index is 11.8. The Kier molecular flexibility index (Phi) is 5.77. The third-order valence-electron chi connectivity index (χ3n) is 3.87. The molecule has 1 aromatic heterocycles. The summed E-state index contributed by atoms with van der Waals surface area (Å²) < 4.78 is 10.8. The molecule has 0 radical (unpaired) electrons. The van der Waals surface area contributed by atoms with Crippen molar-refractivity contribution < 1.29 is 23.8 Å². The lowest BCUT2D eigenvalue weighted by molar-refractivity contribution is -0.123. The van der Waals surface area contributed by atoms with Crippen molar-refractivity contribution in [1.82, 2.24) is 10.3 Å². The molecule has 0 aliphatic carbocycles. The van der Waals surface area contributed by atoms with Crippen molar-refractivity contribution in [2.24, 2.45) is 5.10 Å². The van der Waals surface area contributed by atoms with E-state index < -0.39 is 5.97 Å². The number of carbonyl (C=O) groups is 2. The SMILES string of the molecule is O=C(CN1CCOCC1)N/N=C\c1ccc(-c2cccc(C(=O)O)c2)o1. The predicted octanol–water partition coefficient (Wildman–Crippen LogP) is 1.43. The highest BCUT2D eigenvalue weighted by Gasteiger charge is 2.13. The Morgan fingerprint density at radius 2 is 2.04 bits per heavy atom. The first-order valence-corrected chi connectivity index (χ1v) is 8.17. The molecule has 0 bridgehead atoms. The standard InChI is InChI=1S/C18H19N3O5/c22-17(12-21-6-8-25-9-7-21)20-19-11-15-4-5-16(26-15)13-2-1-3-14(10-13)18(23)24/h1-5,10-11H,6-9,12H2,(H,20,22)(H,23,24)/b19-11-. The Labute approximate surface area is 150 Å². The van der Waals surface area contributed by atoms with Gasteiger partial charge >= 0.3 is 5.97 Å². The number of amides is 1. The van der Waals surface area contributed by atoms with Gasteiger partial charge < -0.3 is 14.3 Å². The van der Waals surface area contributed by atoms with Crippen LogP contribution in [0.25, 0.3) is 11.3 Å². The summed E-state index contributed by atoms with van der Waals surface area (Å²) in [7, 11) is 0. The van der Waals surface area contributed by atoms with Crippen LogP contribution in [0.1, 0.15) is 16.1 Å². The van der Waals surface area contributed by atoms with Gasteiger partial charge in [-0.15, -0.1) is 0 Å². The van der Waals surface area contributed by atoms with Crippen molar-refractivity contribution in [3.05, 3.63) is 47.7 Å². The molecule has 1 amide bonds. The summed E-state index contributed by atoms with van der Waals surface area (Å²) in [6.45, 7) is 3.00. The van der Waals surface area contributed by atoms with Crippen LogP contribution in [0.5, 0.6) is 0 Å². The fraction of sp³-hybridized carbons (Fsp3) is 0.278. The maximum absolute atomic E-state index is 11.8. The van der Waals surface area contributed by atoms with Crippen LogP contribution in [-0.4, -0.2) is 60.9 Å². The monoisotopic (exact) mass is 357 g/mol. The molecule has 26 heavy (non-hydrogen) atoms. The van der Waals surface area contributed by atoms with Gasteiger partial charge in [-0.1, -0.05) is 12.1 Å². The van der Waals surface area contributed by atoms with Gasteiger partial charge in [-0.3, -0.25) is 9.69 Å². The molecule has 2 heterocycles. The predicted molar refractivity (Wildman–Crippen MR) is 94.1 cm³/mol. The minimum atomic E-state index is -0.997. The summed E-state index contributed by atoms with van der Waals surface area (Å²) in [6.07, 6.45) is 1.40. The van der Waals surface area contributed by atoms with Crippen molar-refractivity contribution in [3.8, 4) is 11.3 Å². The van der Waals surface area contributed by atoms with Gasteiger partial charge in [-0.2, -0.15) is 5.10 Å². The van der Waals surface area contributed by atoms with Crippen LogP contribution in [0.2, 0.25) is 0 Å². The summed E-state index contributed by atoms with van der Waals surface area (Å²) in [4.78, 5) is 24.9. The van der Waals surface area contributed by atoms with Crippen LogP contribution in [0, 0.1) is 0 Å². The molecule has 3 rings (SSSR count). The molecule has 8 nitrogen and oxygen atoms in total. The number of morpholine rings is 1. The van der Waals surface area contributed by atoms with E-state index in [0.717, 1.165) is 13.1 Å². The molecule has 1 aliphatic heterocycles. The summed E-state index contributed by atoms with van der Waals surface area (Å²) in [5.41, 5.74) is 3.30. The van der Waals surface area contributed by atoms with E-state index in [9.17, 15) is 9.59 Å². The number of aromatic carboxylic acids is 1. The number of furan rings is 1. The molecule has 0 saturated carbocycles. The number of nitrogens with zero attached hydrogens (tertiary/aromatic N) is 2. The molecule has 2 aromatic rings. The van der Waals surface area contributed by atoms with E-state index in [4.69, 9.17) is 14.3 Å². The van der Waals surface area contributed by atoms with Crippen LogP contribution >= 0.6 is 0 Å². The summed E-state index contributed by atoms with van der Waals surface area (Å²) in [6, 6.07) is 9.88. The number of hydrogen-bond donors (Lipinski definition) is 2. The second kappa shape index (κ2) is 8.41. The highest BCUT2D eigenvalue weighted by Crippen LogP contribution is 2.22. The van der Waals surface area contributed by atoms with E-state index in [2.05, 4.69) is 10.5 Å². The topological polar surface area (TPSA) is 104 Å². The fourth-order valence-electron chi connectivity index (χ4n) is 2.55. The number of rotatable bonds is 6. The average molecular weight is 357 g/mol. The first-order chi connectivity index (χ1) is 12.6. The van der Waals surface area contributed by atoms with E-state index in [-0.39, 0.29) is 18.0 Å². The average Bonchev–Trinajstić information content (AvgIpc) is 3.11. The van der Waals surface area contributed by atoms with Gasteiger partial charge in [-0.05, 0) is 24.3 Å². The molecule has 1 saturated heterocycles. The van der Waals surface area contributed by atoms with Crippen molar-refractivity contribution >= 4 is 18.1 Å². The highest BCUT2D eigenvalue weighted by molar-refractivity contribution is 5.89. The van der Waals surface area contributed by atoms with Crippen LogP contribution in [-0.2, 0) is 9.53 Å². The second-order valence-corrected chi connectivity index (χ2v) is 5.77. The smallest absolute Gasteiger partial charge is 0.335 e. The van der Waals surface area contributed by atoms with E-state index in [1.54, 1.807) is 24.3 Å². The zero-order chi connectivity index (χ0) is 18.4. The van der Waals surface area contributed by atoms with Gasteiger partial charge in [0.05, 0.1) is 31.5 Å². The molecule has 0 spiro atoms. The minimum Gasteiger partial charge on any atom is -0.478 e. The number of carbonyl (C=O) groups excluding carboxylic acids is 1. The largest absolute Gasteiger partial charge is 0.478 e. The minimum absolute atomic E-state index is 0.185. The zero-order valence-corrected chi connectivity index (χ0v) is 14.1. The number of nitrogens with one attached hydrogen (secondary N) is 1. The number of carboxylic acid groups (broad SMARTS) is 1. The second-order valence-electron chi connectivity index (χ2n) is 5.77. The zero-order valence-electron chi connectivity index (χ0n) is 14.1. The van der Waals surface area contributed by atoms with Crippen LogP contribution in [0.4, 0.5) is 0 Å². The van der Waals surface area contributed by atoms with E-state index in [0.29, 0.717) is 30.3 Å². The molecular weight excluding hydrogens is 338 g/mol. The quantitative estimate of drug-likeness (QED) is 0.599. The molecular formula is C18H19N3O5. The first kappa shape index (κ1) is 17.8. The Hall–Kier alpha value is -2.97. The number of carboxylic acids is 1. The van der Waals surface area contributed by atoms with E-state index in [1.165, 1.54) is 18.3 Å². The fourth-order valence-corrected chi connectivity index (χ4v) is 2.55. The molecule has 8 heteroatoms. The lowest BCUT2D eigenvalue weighted by Crippen LogP contribution is -2.42. The highest BCUT2D eigenvalue weighted by atomic mass is 16.5. The molecule has 0 atom stereocenters. The van der Waals surface area contributed by atoms with Crippen LogP contribution < -0.4 is 5.43 Å². The third kappa shape index (κ3) is 4.78. The number of benzene rings is 1. The molecule has 1 aliphatic rings. The summed E-state index contributed by atoms with van der Waals surface area (Å²) in [5, 5.41) is 12.9. The van der Waals surface area contributed by atoms with E-state index in [1.807, 2.05) is 4.90 Å². The Morgan fingerprint density at radius 1 is 1.23 bits per heavy atom. The van der Waals surface area contributed by atoms with Crippen molar-refractivity contribution in [3.63, 3.8) is 0 Å². The van der Waals surface area contributed by atoms with Gasteiger partial charge in [0.15, 0.2) is 0 Å². The first-order valence-electron chi connectivity index (χ1n) is 8.17. The molecule has 0 unspecified atom stereocenters. The van der Waals surface area contributed by atoms with Gasteiger partial charge in [0, 0.05) is 18.7 Å². The number of hydrazone groups is 1.